The van der Waals surface area contributed by atoms with Crippen LogP contribution in [-0.2, 0) is 13.1 Å². The molecule has 140 valence electrons. The molecule has 3 heterocycles. The van der Waals surface area contributed by atoms with Gasteiger partial charge in [-0.05, 0) is 30.9 Å². The Morgan fingerprint density at radius 2 is 1.81 bits per heavy atom. The molecule has 7 nitrogen and oxygen atoms in total. The van der Waals surface area contributed by atoms with Crippen molar-refractivity contribution in [2.24, 2.45) is 11.8 Å². The summed E-state index contributed by atoms with van der Waals surface area (Å²) < 4.78 is 2.92. The molecule has 0 bridgehead atoms. The highest BCUT2D eigenvalue weighted by Gasteiger charge is 2.44. The normalized spacial score (nSPS) is 23.8. The summed E-state index contributed by atoms with van der Waals surface area (Å²) in [6.07, 6.45) is 3.38. The van der Waals surface area contributed by atoms with E-state index < -0.39 is 11.1 Å². The van der Waals surface area contributed by atoms with Crippen LogP contribution in [-0.4, -0.2) is 38.2 Å². The van der Waals surface area contributed by atoms with Gasteiger partial charge in [0.25, 0.3) is 5.91 Å². The smallest absolute Gasteiger partial charge is 0.332 e. The first-order valence-electron chi connectivity index (χ1n) is 9.68. The summed E-state index contributed by atoms with van der Waals surface area (Å²) in [5.74, 6) is 1.32. The van der Waals surface area contributed by atoms with Gasteiger partial charge >= 0.3 is 11.1 Å². The number of fused-ring (bicyclic) bond motifs is 3. The largest absolute Gasteiger partial charge is 0.338 e. The third-order valence-electron chi connectivity index (χ3n) is 6.32. The summed E-state index contributed by atoms with van der Waals surface area (Å²) in [5.41, 5.74) is -0.296. The molecule has 1 saturated heterocycles. The van der Waals surface area contributed by atoms with Gasteiger partial charge in [0.2, 0.25) is 0 Å². The molecule has 2 aliphatic heterocycles. The van der Waals surface area contributed by atoms with Gasteiger partial charge in [-0.15, -0.1) is 0 Å². The van der Waals surface area contributed by atoms with E-state index in [0.29, 0.717) is 43.5 Å². The predicted molar refractivity (Wildman–Crippen MR) is 98.7 cm³/mol. The van der Waals surface area contributed by atoms with E-state index in [1.54, 1.807) is 4.57 Å². The number of aromatic nitrogens is 3. The highest BCUT2D eigenvalue weighted by Crippen LogP contribution is 2.37. The lowest BCUT2D eigenvalue weighted by Crippen LogP contribution is -2.45. The average Bonchev–Trinajstić information content (AvgIpc) is 3.21. The average molecular weight is 366 g/mol. The van der Waals surface area contributed by atoms with E-state index in [1.165, 1.54) is 11.1 Å². The van der Waals surface area contributed by atoms with Crippen LogP contribution in [0.1, 0.15) is 41.4 Å². The maximum absolute atomic E-state index is 12.8. The fraction of sp³-hybridized carbons (Fsp3) is 0.500. The van der Waals surface area contributed by atoms with Crippen LogP contribution in [0.3, 0.4) is 0 Å². The van der Waals surface area contributed by atoms with Crippen molar-refractivity contribution in [2.45, 2.75) is 38.3 Å². The molecule has 0 unspecified atom stereocenters. The molecule has 27 heavy (non-hydrogen) atoms. The first-order chi connectivity index (χ1) is 13.1. The van der Waals surface area contributed by atoms with Crippen molar-refractivity contribution in [1.29, 1.82) is 0 Å². The van der Waals surface area contributed by atoms with Crippen LogP contribution in [0.15, 0.2) is 39.9 Å². The first-order valence-corrected chi connectivity index (χ1v) is 9.68. The van der Waals surface area contributed by atoms with Crippen LogP contribution in [0, 0.1) is 11.8 Å². The third-order valence-corrected chi connectivity index (χ3v) is 6.32. The number of carbonyl (C=O) groups is 1. The van der Waals surface area contributed by atoms with Gasteiger partial charge in [-0.2, -0.15) is 5.10 Å². The highest BCUT2D eigenvalue weighted by molar-refractivity contribution is 5.94. The molecule has 2 fully saturated rings. The zero-order valence-corrected chi connectivity index (χ0v) is 15.1. The number of hydrogen-bond acceptors (Lipinski definition) is 4. The quantitative estimate of drug-likeness (QED) is 0.762. The first kappa shape index (κ1) is 16.5. The molecule has 0 spiro atoms. The number of rotatable bonds is 3. The lowest BCUT2D eigenvalue weighted by atomic mass is 9.85. The Hall–Kier alpha value is -2.70. The number of carbonyl (C=O) groups excluding carboxylic acids is 1. The van der Waals surface area contributed by atoms with E-state index in [2.05, 4.69) is 5.10 Å². The Bertz CT molecular complexity index is 1010. The standard InChI is InChI=1S/C20H22N4O3/c25-18(14-7-2-1-3-8-14)22-10-15-11-23-17(16(15)12-22)21-24(20(27)19(23)26)9-13-5-4-6-13/h1-3,7-8,13,15-16H,4-6,9-12H2/t15-,16-/m1/s1. The zero-order valence-electron chi connectivity index (χ0n) is 15.1. The van der Waals surface area contributed by atoms with Crippen molar-refractivity contribution in [2.75, 3.05) is 13.1 Å². The number of amides is 1. The van der Waals surface area contributed by atoms with Crippen molar-refractivity contribution >= 4 is 5.91 Å². The van der Waals surface area contributed by atoms with E-state index >= 15 is 0 Å². The topological polar surface area (TPSA) is 77.2 Å². The minimum absolute atomic E-state index is 0.0155. The van der Waals surface area contributed by atoms with E-state index in [9.17, 15) is 14.4 Å². The van der Waals surface area contributed by atoms with Crippen LogP contribution in [0.25, 0.3) is 0 Å². The molecule has 0 radical (unpaired) electrons. The molecule has 1 aromatic heterocycles. The van der Waals surface area contributed by atoms with Crippen LogP contribution in [0.5, 0.6) is 0 Å². The second-order valence-corrected chi connectivity index (χ2v) is 8.00. The van der Waals surface area contributed by atoms with Gasteiger partial charge in [-0.1, -0.05) is 24.6 Å². The van der Waals surface area contributed by atoms with Gasteiger partial charge in [0, 0.05) is 43.6 Å². The molecule has 7 heteroatoms. The Morgan fingerprint density at radius 1 is 1.04 bits per heavy atom. The van der Waals surface area contributed by atoms with Gasteiger partial charge < -0.3 is 4.90 Å². The summed E-state index contributed by atoms with van der Waals surface area (Å²) in [4.78, 5) is 39.5. The van der Waals surface area contributed by atoms with E-state index in [-0.39, 0.29) is 17.7 Å². The van der Waals surface area contributed by atoms with Gasteiger partial charge in [0.15, 0.2) is 0 Å². The number of likely N-dealkylation sites (tertiary alicyclic amines) is 1. The second-order valence-electron chi connectivity index (χ2n) is 8.00. The maximum Gasteiger partial charge on any atom is 0.332 e. The van der Waals surface area contributed by atoms with Crippen molar-refractivity contribution in [1.82, 2.24) is 19.2 Å². The van der Waals surface area contributed by atoms with Crippen molar-refractivity contribution in [3.63, 3.8) is 0 Å². The summed E-state index contributed by atoms with van der Waals surface area (Å²) >= 11 is 0. The molecule has 2 atom stereocenters. The second kappa shape index (κ2) is 6.18. The van der Waals surface area contributed by atoms with Gasteiger partial charge in [0.05, 0.1) is 0 Å². The maximum atomic E-state index is 12.8. The molecule has 1 aliphatic carbocycles. The van der Waals surface area contributed by atoms with Crippen LogP contribution < -0.4 is 11.1 Å². The summed E-state index contributed by atoms with van der Waals surface area (Å²) in [6.45, 7) is 2.15. The van der Waals surface area contributed by atoms with Crippen LogP contribution in [0.4, 0.5) is 0 Å². The van der Waals surface area contributed by atoms with Crippen molar-refractivity contribution in [3.05, 3.63) is 62.4 Å². The van der Waals surface area contributed by atoms with E-state index in [0.717, 1.165) is 12.8 Å². The Labute approximate surface area is 156 Å². The minimum Gasteiger partial charge on any atom is -0.338 e. The van der Waals surface area contributed by atoms with Crippen molar-refractivity contribution < 1.29 is 4.79 Å². The van der Waals surface area contributed by atoms with Crippen LogP contribution in [0.2, 0.25) is 0 Å². The minimum atomic E-state index is -0.511. The zero-order chi connectivity index (χ0) is 18.5. The van der Waals surface area contributed by atoms with Gasteiger partial charge in [-0.3, -0.25) is 19.0 Å². The summed E-state index contributed by atoms with van der Waals surface area (Å²) in [6, 6.07) is 9.26. The Morgan fingerprint density at radius 3 is 2.52 bits per heavy atom. The number of hydrogen-bond donors (Lipinski definition) is 0. The monoisotopic (exact) mass is 366 g/mol. The molecule has 0 N–H and O–H groups in total. The fourth-order valence-electron chi connectivity index (χ4n) is 4.56. The van der Waals surface area contributed by atoms with Crippen molar-refractivity contribution in [3.8, 4) is 0 Å². The van der Waals surface area contributed by atoms with Gasteiger partial charge in [0.1, 0.15) is 5.82 Å². The number of nitrogens with zero attached hydrogens (tertiary/aromatic N) is 4. The number of benzene rings is 1. The molecular weight excluding hydrogens is 344 g/mol. The lowest BCUT2D eigenvalue weighted by molar-refractivity contribution is 0.0783. The predicted octanol–water partition coefficient (Wildman–Crippen LogP) is 1.07. The Balaban J connectivity index is 1.43. The Kier molecular flexibility index (Phi) is 3.77. The fourth-order valence-corrected chi connectivity index (χ4v) is 4.56. The molecule has 1 amide bonds. The molecule has 3 aliphatic rings. The van der Waals surface area contributed by atoms with Crippen LogP contribution >= 0.6 is 0 Å². The highest BCUT2D eigenvalue weighted by atomic mass is 16.2. The molecule has 5 rings (SSSR count). The lowest BCUT2D eigenvalue weighted by Gasteiger charge is -2.25. The van der Waals surface area contributed by atoms with E-state index in [1.807, 2.05) is 35.2 Å². The summed E-state index contributed by atoms with van der Waals surface area (Å²) in [5, 5.41) is 4.57. The van der Waals surface area contributed by atoms with Gasteiger partial charge in [-0.25, -0.2) is 4.68 Å². The molecule has 1 saturated carbocycles. The SMILES string of the molecule is O=C(c1ccccc1)N1C[C@@H]2Cn3c(nn(CC4CCC4)c(=O)c3=O)[C@@H]2C1. The summed E-state index contributed by atoms with van der Waals surface area (Å²) in [7, 11) is 0. The molecule has 2 aromatic rings. The van der Waals surface area contributed by atoms with E-state index in [4.69, 9.17) is 0 Å². The third kappa shape index (κ3) is 2.64. The molecule has 1 aromatic carbocycles. The molecular formula is C20H22N4O3.